The van der Waals surface area contributed by atoms with Gasteiger partial charge in [0.25, 0.3) is 15.9 Å². The van der Waals surface area contributed by atoms with Gasteiger partial charge < -0.3 is 15.0 Å². The Morgan fingerprint density at radius 3 is 2.37 bits per heavy atom. The molecule has 2 N–H and O–H groups in total. The van der Waals surface area contributed by atoms with Gasteiger partial charge in [0.1, 0.15) is 5.75 Å². The van der Waals surface area contributed by atoms with E-state index in [0.29, 0.717) is 23.5 Å². The van der Waals surface area contributed by atoms with Gasteiger partial charge in [0.05, 0.1) is 17.7 Å². The van der Waals surface area contributed by atoms with Crippen LogP contribution in [0.2, 0.25) is 0 Å². The third-order valence-electron chi connectivity index (χ3n) is 3.85. The molecule has 0 saturated carbocycles. The molecule has 0 aliphatic heterocycles. The number of hydrogen-bond donors (Lipinski definition) is 2. The van der Waals surface area contributed by atoms with Gasteiger partial charge in [-0.1, -0.05) is 12.1 Å². The molecule has 0 unspecified atom stereocenters. The average molecular weight is 391 g/mol. The molecule has 0 radical (unpaired) electrons. The quantitative estimate of drug-likeness (QED) is 0.640. The molecule has 146 valence electrons. The highest BCUT2D eigenvalue weighted by atomic mass is 32.2. The summed E-state index contributed by atoms with van der Waals surface area (Å²) < 4.78 is 32.8. The fourth-order valence-electron chi connectivity index (χ4n) is 2.42. The molecule has 0 spiro atoms. The Morgan fingerprint density at radius 1 is 1.07 bits per heavy atom. The summed E-state index contributed by atoms with van der Waals surface area (Å²) in [4.78, 5) is 14.2. The number of sulfonamides is 1. The summed E-state index contributed by atoms with van der Waals surface area (Å²) in [6.07, 6.45) is 0.841. The van der Waals surface area contributed by atoms with E-state index in [4.69, 9.17) is 4.74 Å². The zero-order valence-electron chi connectivity index (χ0n) is 15.7. The van der Waals surface area contributed by atoms with Crippen molar-refractivity contribution in [1.29, 1.82) is 0 Å². The Hall–Kier alpha value is -2.58. The molecule has 27 heavy (non-hydrogen) atoms. The second-order valence-electron chi connectivity index (χ2n) is 6.24. The molecular formula is C19H25N3O4S. The smallest absolute Gasteiger partial charge is 0.262 e. The van der Waals surface area contributed by atoms with Crippen LogP contribution < -0.4 is 14.8 Å². The minimum absolute atomic E-state index is 0.0672. The van der Waals surface area contributed by atoms with Gasteiger partial charge in [0, 0.05) is 12.1 Å². The largest absolute Gasteiger partial charge is 0.495 e. The summed E-state index contributed by atoms with van der Waals surface area (Å²) in [5.41, 5.74) is 0.763. The zero-order chi connectivity index (χ0) is 19.9. The highest BCUT2D eigenvalue weighted by Gasteiger charge is 2.17. The summed E-state index contributed by atoms with van der Waals surface area (Å²) >= 11 is 0. The molecule has 7 nitrogen and oxygen atoms in total. The number of benzene rings is 2. The SMILES string of the molecule is COc1ccccc1NS(=O)(=O)c1ccc(C(=O)NCCCN(C)C)cc1. The molecule has 2 rings (SSSR count). The number of nitrogens with one attached hydrogen (secondary N) is 2. The van der Waals surface area contributed by atoms with Gasteiger partial charge in [0.15, 0.2) is 0 Å². The molecule has 0 atom stereocenters. The first-order valence-electron chi connectivity index (χ1n) is 8.52. The minimum Gasteiger partial charge on any atom is -0.495 e. The normalized spacial score (nSPS) is 11.3. The third kappa shape index (κ3) is 5.97. The summed E-state index contributed by atoms with van der Waals surface area (Å²) in [7, 11) is 1.63. The highest BCUT2D eigenvalue weighted by Crippen LogP contribution is 2.26. The summed E-state index contributed by atoms with van der Waals surface area (Å²) in [6.45, 7) is 1.44. The maximum absolute atomic E-state index is 12.6. The number of hydrogen-bond acceptors (Lipinski definition) is 5. The Bertz CT molecular complexity index is 865. The van der Waals surface area contributed by atoms with Gasteiger partial charge in [-0.2, -0.15) is 0 Å². The molecule has 0 saturated heterocycles. The third-order valence-corrected chi connectivity index (χ3v) is 5.23. The maximum atomic E-state index is 12.6. The summed E-state index contributed by atoms with van der Waals surface area (Å²) in [6, 6.07) is 12.6. The first-order chi connectivity index (χ1) is 12.8. The second kappa shape index (κ2) is 9.38. The number of rotatable bonds is 9. The van der Waals surface area contributed by atoms with E-state index < -0.39 is 10.0 Å². The van der Waals surface area contributed by atoms with Crippen LogP contribution in [0.4, 0.5) is 5.69 Å². The van der Waals surface area contributed by atoms with Crippen molar-refractivity contribution in [2.45, 2.75) is 11.3 Å². The van der Waals surface area contributed by atoms with Gasteiger partial charge in [-0.15, -0.1) is 0 Å². The van der Waals surface area contributed by atoms with Crippen LogP contribution in [0.1, 0.15) is 16.8 Å². The molecule has 2 aromatic rings. The van der Waals surface area contributed by atoms with Gasteiger partial charge in [-0.25, -0.2) is 8.42 Å². The first kappa shape index (κ1) is 20.7. The lowest BCUT2D eigenvalue weighted by Gasteiger charge is -2.12. The Morgan fingerprint density at radius 2 is 1.74 bits per heavy atom. The minimum atomic E-state index is -3.79. The highest BCUT2D eigenvalue weighted by molar-refractivity contribution is 7.92. The maximum Gasteiger partial charge on any atom is 0.262 e. The molecule has 0 aliphatic carbocycles. The number of nitrogens with zero attached hydrogens (tertiary/aromatic N) is 1. The summed E-state index contributed by atoms with van der Waals surface area (Å²) in [5, 5.41) is 2.82. The average Bonchev–Trinajstić information content (AvgIpc) is 2.65. The second-order valence-corrected chi connectivity index (χ2v) is 7.93. The molecule has 8 heteroatoms. The monoisotopic (exact) mass is 391 g/mol. The van der Waals surface area contributed by atoms with Crippen molar-refractivity contribution in [2.75, 3.05) is 39.0 Å². The number of anilines is 1. The number of carbonyl (C=O) groups is 1. The van der Waals surface area contributed by atoms with Crippen LogP contribution in [0.15, 0.2) is 53.4 Å². The van der Waals surface area contributed by atoms with Crippen LogP contribution in [0.3, 0.4) is 0 Å². The van der Waals surface area contributed by atoms with E-state index in [-0.39, 0.29) is 10.8 Å². The number of methoxy groups -OCH3 is 1. The van der Waals surface area contributed by atoms with Crippen LogP contribution in [-0.2, 0) is 10.0 Å². The zero-order valence-corrected chi connectivity index (χ0v) is 16.5. The van der Waals surface area contributed by atoms with Crippen molar-refractivity contribution in [2.24, 2.45) is 0 Å². The van der Waals surface area contributed by atoms with Crippen molar-refractivity contribution in [3.8, 4) is 5.75 Å². The molecule has 2 aromatic carbocycles. The van der Waals surface area contributed by atoms with Gasteiger partial charge in [0.2, 0.25) is 0 Å². The fourth-order valence-corrected chi connectivity index (χ4v) is 3.49. The lowest BCUT2D eigenvalue weighted by molar-refractivity contribution is 0.0952. The van der Waals surface area contributed by atoms with Crippen molar-refractivity contribution in [1.82, 2.24) is 10.2 Å². The van der Waals surface area contributed by atoms with Gasteiger partial charge in [-0.3, -0.25) is 9.52 Å². The molecule has 0 fully saturated rings. The molecular weight excluding hydrogens is 366 g/mol. The standard InChI is InChI=1S/C19H25N3O4S/c1-22(2)14-6-13-20-19(23)15-9-11-16(12-10-15)27(24,25)21-17-7-4-5-8-18(17)26-3/h4-5,7-12,21H,6,13-14H2,1-3H3,(H,20,23). The van der Waals surface area contributed by atoms with E-state index in [1.165, 1.54) is 31.4 Å². The molecule has 1 amide bonds. The van der Waals surface area contributed by atoms with Gasteiger partial charge in [-0.05, 0) is 63.5 Å². The predicted molar refractivity (Wildman–Crippen MR) is 106 cm³/mol. The number of ether oxygens (including phenoxy) is 1. The lowest BCUT2D eigenvalue weighted by Crippen LogP contribution is -2.27. The van der Waals surface area contributed by atoms with E-state index in [0.717, 1.165) is 13.0 Å². The van der Waals surface area contributed by atoms with Crippen LogP contribution in [-0.4, -0.2) is 53.5 Å². The van der Waals surface area contributed by atoms with E-state index in [1.54, 1.807) is 24.3 Å². The molecule has 0 aliphatic rings. The molecule has 0 heterocycles. The Kier molecular flexibility index (Phi) is 7.20. The van der Waals surface area contributed by atoms with E-state index in [2.05, 4.69) is 10.0 Å². The topological polar surface area (TPSA) is 87.7 Å². The van der Waals surface area contributed by atoms with E-state index in [9.17, 15) is 13.2 Å². The number of para-hydroxylation sites is 2. The Balaban J connectivity index is 2.04. The van der Waals surface area contributed by atoms with Crippen molar-refractivity contribution >= 4 is 21.6 Å². The van der Waals surface area contributed by atoms with E-state index in [1.807, 2.05) is 19.0 Å². The number of amides is 1. The van der Waals surface area contributed by atoms with Crippen molar-refractivity contribution < 1.29 is 17.9 Å². The van der Waals surface area contributed by atoms with Crippen LogP contribution in [0.5, 0.6) is 5.75 Å². The van der Waals surface area contributed by atoms with Crippen LogP contribution in [0, 0.1) is 0 Å². The van der Waals surface area contributed by atoms with Crippen LogP contribution in [0.25, 0.3) is 0 Å². The number of carbonyl (C=O) groups excluding carboxylic acids is 1. The predicted octanol–water partition coefficient (Wildman–Crippen LogP) is 2.18. The Labute approximate surface area is 160 Å². The molecule has 0 aromatic heterocycles. The molecule has 0 bridgehead atoms. The summed E-state index contributed by atoms with van der Waals surface area (Å²) in [5.74, 6) is 0.199. The van der Waals surface area contributed by atoms with Gasteiger partial charge >= 0.3 is 0 Å². The van der Waals surface area contributed by atoms with E-state index >= 15 is 0 Å². The van der Waals surface area contributed by atoms with Crippen LogP contribution >= 0.6 is 0 Å². The van der Waals surface area contributed by atoms with Crippen molar-refractivity contribution in [3.05, 3.63) is 54.1 Å². The van der Waals surface area contributed by atoms with Crippen molar-refractivity contribution in [3.63, 3.8) is 0 Å². The first-order valence-corrected chi connectivity index (χ1v) is 10.0. The lowest BCUT2D eigenvalue weighted by atomic mass is 10.2. The fraction of sp³-hybridized carbons (Fsp3) is 0.316.